The number of ketones is 1. The van der Waals surface area contributed by atoms with Crippen LogP contribution >= 0.6 is 12.4 Å². The van der Waals surface area contributed by atoms with Gasteiger partial charge in [0.25, 0.3) is 11.8 Å². The van der Waals surface area contributed by atoms with Gasteiger partial charge in [0.15, 0.2) is 0 Å². The maximum Gasteiger partial charge on any atom is 0.287 e. The summed E-state index contributed by atoms with van der Waals surface area (Å²) < 4.78 is 1.53. The summed E-state index contributed by atoms with van der Waals surface area (Å²) >= 11 is 0. The van der Waals surface area contributed by atoms with Gasteiger partial charge in [0.05, 0.1) is 11.4 Å². The number of nitrogens with zero attached hydrogens (tertiary/aromatic N) is 2. The second kappa shape index (κ2) is 13.3. The molecule has 1 heterocycles. The highest BCUT2D eigenvalue weighted by molar-refractivity contribution is 6.38. The summed E-state index contributed by atoms with van der Waals surface area (Å²) in [5, 5.41) is 10.6. The lowest BCUT2D eigenvalue weighted by molar-refractivity contribution is -0.137. The second-order valence-electron chi connectivity index (χ2n) is 8.78. The Morgan fingerprint density at radius 3 is 1.97 bits per heavy atom. The van der Waals surface area contributed by atoms with Crippen LogP contribution < -0.4 is 16.4 Å². The zero-order chi connectivity index (χ0) is 26.2. The van der Waals surface area contributed by atoms with Crippen LogP contribution in [0.4, 0.5) is 0 Å². The molecule has 9 heteroatoms. The summed E-state index contributed by atoms with van der Waals surface area (Å²) in [7, 11) is 0. The van der Waals surface area contributed by atoms with E-state index in [1.165, 1.54) is 10.2 Å². The van der Waals surface area contributed by atoms with Crippen molar-refractivity contribution in [2.24, 2.45) is 5.73 Å². The number of rotatable bonds is 11. The van der Waals surface area contributed by atoms with Gasteiger partial charge >= 0.3 is 0 Å². The number of benzene rings is 3. The molecule has 0 aliphatic rings. The van der Waals surface area contributed by atoms with Gasteiger partial charge in [0.1, 0.15) is 11.7 Å². The highest BCUT2D eigenvalue weighted by Gasteiger charge is 2.27. The molecule has 4 N–H and O–H groups in total. The SMILES string of the molecule is Cc1cc(C(=O)NC(Cc2ccccc2)C(=O)C(N)=O)n(-c2ccc(CNCc3ccccc3)cc2)n1.Cl. The van der Waals surface area contributed by atoms with Crippen LogP contribution in [0, 0.1) is 6.92 Å². The molecule has 38 heavy (non-hydrogen) atoms. The van der Waals surface area contributed by atoms with E-state index in [4.69, 9.17) is 5.73 Å². The molecule has 0 aliphatic carbocycles. The van der Waals surface area contributed by atoms with E-state index < -0.39 is 23.6 Å². The number of nitrogens with two attached hydrogens (primary N) is 1. The second-order valence-corrected chi connectivity index (χ2v) is 8.78. The number of aromatic nitrogens is 2. The molecule has 4 rings (SSSR count). The van der Waals surface area contributed by atoms with Gasteiger partial charge in [-0.25, -0.2) is 4.68 Å². The lowest BCUT2D eigenvalue weighted by Gasteiger charge is -2.17. The third-order valence-electron chi connectivity index (χ3n) is 5.89. The lowest BCUT2D eigenvalue weighted by atomic mass is 10.0. The summed E-state index contributed by atoms with van der Waals surface area (Å²) in [4.78, 5) is 37.3. The predicted molar refractivity (Wildman–Crippen MR) is 148 cm³/mol. The first-order chi connectivity index (χ1) is 17.9. The zero-order valence-corrected chi connectivity index (χ0v) is 21.8. The van der Waals surface area contributed by atoms with Crippen molar-refractivity contribution in [1.29, 1.82) is 0 Å². The fourth-order valence-corrected chi connectivity index (χ4v) is 4.02. The van der Waals surface area contributed by atoms with Crippen LogP contribution in [-0.2, 0) is 29.1 Å². The van der Waals surface area contributed by atoms with Crippen LogP contribution in [0.5, 0.6) is 0 Å². The standard InChI is InChI=1S/C29H29N5O3.ClH/c1-20-16-26(29(37)32-25(27(35)28(30)36)17-21-8-4-2-5-9-21)34(33-20)24-14-12-23(13-15-24)19-31-18-22-10-6-3-7-11-22;/h2-16,25,31H,17-19H2,1H3,(H2,30,36)(H,32,37);1H. The number of hydrogen-bond acceptors (Lipinski definition) is 5. The number of Topliss-reactive ketones (excluding diaryl/α,β-unsaturated/α-hetero) is 1. The minimum absolute atomic E-state index is 0. The fraction of sp³-hybridized carbons (Fsp3) is 0.172. The molecular formula is C29H30ClN5O3. The first kappa shape index (κ1) is 28.3. The van der Waals surface area contributed by atoms with Gasteiger partial charge in [-0.15, -0.1) is 12.4 Å². The summed E-state index contributed by atoms with van der Waals surface area (Å²) in [6, 6.07) is 27.6. The van der Waals surface area contributed by atoms with Gasteiger partial charge in [-0.1, -0.05) is 72.8 Å². The molecule has 3 aromatic carbocycles. The number of nitrogens with one attached hydrogen (secondary N) is 2. The molecule has 1 unspecified atom stereocenters. The van der Waals surface area contributed by atoms with Crippen molar-refractivity contribution in [2.45, 2.75) is 32.5 Å². The molecule has 0 saturated heterocycles. The maximum atomic E-state index is 13.2. The Labute approximate surface area is 227 Å². The van der Waals surface area contributed by atoms with Crippen LogP contribution in [0.15, 0.2) is 91.0 Å². The molecule has 0 aliphatic heterocycles. The van der Waals surface area contributed by atoms with Crippen molar-refractivity contribution in [3.8, 4) is 5.69 Å². The van der Waals surface area contributed by atoms with Crippen molar-refractivity contribution >= 4 is 30.0 Å². The quantitative estimate of drug-likeness (QED) is 0.257. The third kappa shape index (κ3) is 7.38. The normalized spacial score (nSPS) is 11.3. The van der Waals surface area contributed by atoms with E-state index in [1.807, 2.05) is 72.8 Å². The highest BCUT2D eigenvalue weighted by Crippen LogP contribution is 2.15. The summed E-state index contributed by atoms with van der Waals surface area (Å²) in [6.45, 7) is 3.24. The number of amides is 2. The molecule has 0 bridgehead atoms. The zero-order valence-electron chi connectivity index (χ0n) is 21.0. The van der Waals surface area contributed by atoms with Crippen LogP contribution in [0.2, 0.25) is 0 Å². The number of halogens is 1. The van der Waals surface area contributed by atoms with E-state index in [-0.39, 0.29) is 24.5 Å². The highest BCUT2D eigenvalue weighted by atomic mass is 35.5. The predicted octanol–water partition coefficient (Wildman–Crippen LogP) is 3.29. The monoisotopic (exact) mass is 531 g/mol. The van der Waals surface area contributed by atoms with E-state index in [0.717, 1.165) is 17.7 Å². The van der Waals surface area contributed by atoms with Gasteiger partial charge in [-0.3, -0.25) is 14.4 Å². The van der Waals surface area contributed by atoms with Crippen molar-refractivity contribution in [1.82, 2.24) is 20.4 Å². The molecular weight excluding hydrogens is 502 g/mol. The number of aryl methyl sites for hydroxylation is 1. The molecule has 0 radical (unpaired) electrons. The first-order valence-electron chi connectivity index (χ1n) is 12.0. The average Bonchev–Trinajstić information content (AvgIpc) is 3.31. The molecule has 2 amide bonds. The van der Waals surface area contributed by atoms with Crippen LogP contribution in [0.3, 0.4) is 0 Å². The van der Waals surface area contributed by atoms with E-state index in [1.54, 1.807) is 13.0 Å². The fourth-order valence-electron chi connectivity index (χ4n) is 4.02. The molecule has 1 atom stereocenters. The first-order valence-corrected chi connectivity index (χ1v) is 12.0. The molecule has 0 saturated carbocycles. The van der Waals surface area contributed by atoms with Gasteiger partial charge in [-0.2, -0.15) is 5.10 Å². The lowest BCUT2D eigenvalue weighted by Crippen LogP contribution is -2.47. The minimum Gasteiger partial charge on any atom is -0.363 e. The molecule has 4 aromatic rings. The summed E-state index contributed by atoms with van der Waals surface area (Å²) in [5.74, 6) is -2.47. The van der Waals surface area contributed by atoms with Crippen molar-refractivity contribution in [3.63, 3.8) is 0 Å². The summed E-state index contributed by atoms with van der Waals surface area (Å²) in [5.41, 5.74) is 9.93. The molecule has 1 aromatic heterocycles. The van der Waals surface area contributed by atoms with Crippen molar-refractivity contribution in [2.75, 3.05) is 0 Å². The number of carbonyl (C=O) groups is 3. The van der Waals surface area contributed by atoms with Gasteiger partial charge in [0.2, 0.25) is 5.78 Å². The number of hydrogen-bond donors (Lipinski definition) is 3. The Balaban J connectivity index is 0.00000400. The number of primary amides is 1. The van der Waals surface area contributed by atoms with E-state index >= 15 is 0 Å². The Hall–Kier alpha value is -4.27. The van der Waals surface area contributed by atoms with E-state index in [0.29, 0.717) is 17.9 Å². The van der Waals surface area contributed by atoms with Gasteiger partial charge in [-0.05, 0) is 41.8 Å². The van der Waals surface area contributed by atoms with Crippen molar-refractivity contribution in [3.05, 3.63) is 119 Å². The smallest absolute Gasteiger partial charge is 0.287 e. The number of carbonyl (C=O) groups excluding carboxylic acids is 3. The van der Waals surface area contributed by atoms with Gasteiger partial charge in [0, 0.05) is 19.5 Å². The largest absolute Gasteiger partial charge is 0.363 e. The molecule has 8 nitrogen and oxygen atoms in total. The topological polar surface area (TPSA) is 119 Å². The third-order valence-corrected chi connectivity index (χ3v) is 5.89. The van der Waals surface area contributed by atoms with Crippen LogP contribution in [0.25, 0.3) is 5.69 Å². The Kier molecular flexibility index (Phi) is 9.92. The Morgan fingerprint density at radius 2 is 1.39 bits per heavy atom. The maximum absolute atomic E-state index is 13.2. The minimum atomic E-state index is -1.10. The van der Waals surface area contributed by atoms with E-state index in [9.17, 15) is 14.4 Å². The van der Waals surface area contributed by atoms with Crippen LogP contribution in [-0.4, -0.2) is 33.4 Å². The average molecular weight is 532 g/mol. The summed E-state index contributed by atoms with van der Waals surface area (Å²) in [6.07, 6.45) is 0.145. The van der Waals surface area contributed by atoms with Crippen molar-refractivity contribution < 1.29 is 14.4 Å². The van der Waals surface area contributed by atoms with Crippen LogP contribution in [0.1, 0.15) is 32.9 Å². The Bertz CT molecular complexity index is 1370. The van der Waals surface area contributed by atoms with E-state index in [2.05, 4.69) is 27.9 Å². The van der Waals surface area contributed by atoms with Gasteiger partial charge < -0.3 is 16.4 Å². The molecule has 0 fully saturated rings. The molecule has 0 spiro atoms. The Morgan fingerprint density at radius 1 is 0.842 bits per heavy atom. The molecule has 196 valence electrons.